The van der Waals surface area contributed by atoms with Crippen molar-refractivity contribution in [1.82, 2.24) is 5.10 Å². The number of rotatable bonds is 1. The van der Waals surface area contributed by atoms with E-state index >= 15 is 0 Å². The molecule has 0 atom stereocenters. The van der Waals surface area contributed by atoms with Crippen molar-refractivity contribution in [3.63, 3.8) is 0 Å². The number of hydrogen-bond acceptors (Lipinski definition) is 12. The molecule has 18 nitrogen and oxygen atoms in total. The molecule has 0 saturated heterocycles. The van der Waals surface area contributed by atoms with Crippen LogP contribution in [0.2, 0.25) is 0 Å². The van der Waals surface area contributed by atoms with Crippen molar-refractivity contribution in [3.05, 3.63) is 128 Å². The summed E-state index contributed by atoms with van der Waals surface area (Å²) in [5.41, 5.74) is 5.69. The molecule has 0 amide bonds. The normalized spacial score (nSPS) is 10.9. The molecular weight excluding hydrogens is 656 g/mol. The highest BCUT2D eigenvalue weighted by molar-refractivity contribution is 5.84. The van der Waals surface area contributed by atoms with E-state index in [0.717, 1.165) is 0 Å². The third kappa shape index (κ3) is 5.23. The van der Waals surface area contributed by atoms with Crippen LogP contribution in [0.5, 0.6) is 23.0 Å². The average Bonchev–Trinajstić information content (AvgIpc) is 3.12. The lowest BCUT2D eigenvalue weighted by Gasteiger charge is -2.09. The summed E-state index contributed by atoms with van der Waals surface area (Å²) in [5.74, 6) is -0.840. The van der Waals surface area contributed by atoms with E-state index < -0.39 is 0 Å². The summed E-state index contributed by atoms with van der Waals surface area (Å²) in [4.78, 5) is 0.332. The number of methoxy groups -OCH3 is 1. The third-order valence-corrected chi connectivity index (χ3v) is 7.57. The zero-order valence-corrected chi connectivity index (χ0v) is 25.6. The van der Waals surface area contributed by atoms with Crippen molar-refractivity contribution in [2.75, 3.05) is 12.8 Å². The Balaban J connectivity index is 0.000000132. The number of benzene rings is 5. The van der Waals surface area contributed by atoms with Gasteiger partial charge in [0.2, 0.25) is 5.10 Å². The highest BCUT2D eigenvalue weighted by atomic mass is 16.5. The number of ether oxygens (including phenoxy) is 1. The second-order valence-corrected chi connectivity index (χ2v) is 10.5. The number of anilines is 1. The van der Waals surface area contributed by atoms with Crippen LogP contribution < -0.4 is 39.0 Å². The number of aromatic nitrogens is 7. The maximum atomic E-state index is 12.3. The minimum atomic E-state index is -0.353. The standard InChI is InChI=1S/C13H10N2O4.C12H8N2O4.C7H6N4O2/c1-19-11-7-3-5-9-13(11)15(18)8-4-2-6-10(16)12(8)14(9)17;15-9-5-1-3-7-11(9)14(18)8-4-2-6-10(16)12(8)13(7)17;8-7-9-11(13)6-4-2-1-3-5(6)10(7)12/h2-7,16H,1H3;1-6,15-16H;1-4H,(H2,8,9). The number of nitrogens with two attached hydrogens (primary N) is 1. The van der Waals surface area contributed by atoms with Crippen LogP contribution in [0.1, 0.15) is 0 Å². The predicted molar refractivity (Wildman–Crippen MR) is 174 cm³/mol. The Bertz CT molecular complexity index is 2560. The molecule has 0 aliphatic carbocycles. The molecule has 5 aromatic carbocycles. The fourth-order valence-corrected chi connectivity index (χ4v) is 5.31. The first-order valence-electron chi connectivity index (χ1n) is 14.4. The van der Waals surface area contributed by atoms with E-state index in [1.807, 2.05) is 0 Å². The number of para-hydroxylation sites is 6. The quantitative estimate of drug-likeness (QED) is 0.106. The Morgan fingerprint density at radius 1 is 0.480 bits per heavy atom. The van der Waals surface area contributed by atoms with Gasteiger partial charge in [0, 0.05) is 35.2 Å². The van der Waals surface area contributed by atoms with Crippen molar-refractivity contribution in [2.24, 2.45) is 0 Å². The van der Waals surface area contributed by atoms with E-state index in [-0.39, 0.29) is 78.4 Å². The third-order valence-electron chi connectivity index (χ3n) is 7.57. The minimum absolute atomic E-state index is 0.000926. The van der Waals surface area contributed by atoms with Gasteiger partial charge in [-0.2, -0.15) is 18.9 Å². The fraction of sp³-hybridized carbons (Fsp3) is 0.0312. The largest absolute Gasteiger partial charge is 0.739 e. The summed E-state index contributed by atoms with van der Waals surface area (Å²) in [5, 5.41) is 104. The molecule has 8 aromatic rings. The van der Waals surface area contributed by atoms with Gasteiger partial charge >= 0.3 is 28.0 Å². The lowest BCUT2D eigenvalue weighted by molar-refractivity contribution is -0.672. The van der Waals surface area contributed by atoms with Gasteiger partial charge in [0.05, 0.1) is 7.11 Å². The van der Waals surface area contributed by atoms with Crippen LogP contribution in [0, 0.1) is 31.2 Å². The van der Waals surface area contributed by atoms with Gasteiger partial charge in [-0.15, -0.1) is 0 Å². The molecule has 0 unspecified atom stereocenters. The molecule has 0 aliphatic heterocycles. The van der Waals surface area contributed by atoms with Crippen LogP contribution in [0.4, 0.5) is 5.95 Å². The Hall–Kier alpha value is -7.63. The summed E-state index contributed by atoms with van der Waals surface area (Å²) in [7, 11) is 1.43. The molecule has 50 heavy (non-hydrogen) atoms. The molecule has 0 bridgehead atoms. The first kappa shape index (κ1) is 32.3. The van der Waals surface area contributed by atoms with E-state index in [9.17, 15) is 46.6 Å². The topological polar surface area (TPSA) is 270 Å². The highest BCUT2D eigenvalue weighted by Crippen LogP contribution is 2.26. The fourth-order valence-electron chi connectivity index (χ4n) is 5.31. The van der Waals surface area contributed by atoms with Gasteiger partial charge < -0.3 is 51.3 Å². The summed E-state index contributed by atoms with van der Waals surface area (Å²) in [6, 6.07) is 23.7. The molecular formula is C32H24N8O10. The number of nitrogen functional groups attached to an aromatic ring is 1. The average molecular weight is 681 g/mol. The van der Waals surface area contributed by atoms with Crippen molar-refractivity contribution in [2.45, 2.75) is 0 Å². The smallest absolute Gasteiger partial charge is 0.458 e. The van der Waals surface area contributed by atoms with Crippen molar-refractivity contribution in [3.8, 4) is 23.0 Å². The minimum Gasteiger partial charge on any atom is -0.739 e. The zero-order chi connectivity index (χ0) is 35.9. The van der Waals surface area contributed by atoms with E-state index in [2.05, 4.69) is 5.10 Å². The first-order chi connectivity index (χ1) is 24.0. The van der Waals surface area contributed by atoms with Crippen LogP contribution in [0.15, 0.2) is 97.1 Å². The summed E-state index contributed by atoms with van der Waals surface area (Å²) < 4.78 is 7.54. The molecule has 0 saturated carbocycles. The second kappa shape index (κ2) is 12.5. The molecule has 0 spiro atoms. The predicted octanol–water partition coefficient (Wildman–Crippen LogP) is 0.729. The molecule has 3 heterocycles. The van der Waals surface area contributed by atoms with Gasteiger partial charge in [0.25, 0.3) is 27.6 Å². The first-order valence-corrected chi connectivity index (χ1v) is 14.4. The lowest BCUT2D eigenvalue weighted by atomic mass is 10.2. The van der Waals surface area contributed by atoms with Gasteiger partial charge in [0.1, 0.15) is 0 Å². The SMILES string of the molecule is COc1cccc2c1[n+]([O-])c1cccc(O)c1[n+]2[O-].Nc1n[n+]([O-])c2ccccc2[n+]1[O-].[O-][n+]1c2cccc(O)c2[n+]([O-])c2cccc(O)c21. The van der Waals surface area contributed by atoms with E-state index in [1.165, 1.54) is 79.9 Å². The Kier molecular flexibility index (Phi) is 8.10. The monoisotopic (exact) mass is 680 g/mol. The van der Waals surface area contributed by atoms with Gasteiger partial charge in [-0.25, -0.2) is 4.73 Å². The van der Waals surface area contributed by atoms with Gasteiger partial charge in [0.15, 0.2) is 28.5 Å². The number of aromatic hydroxyl groups is 3. The second-order valence-electron chi connectivity index (χ2n) is 10.5. The van der Waals surface area contributed by atoms with E-state index in [1.54, 1.807) is 24.3 Å². The number of hydrogen-bond donors (Lipinski definition) is 4. The van der Waals surface area contributed by atoms with Crippen LogP contribution in [-0.2, 0) is 0 Å². The molecule has 0 radical (unpaired) electrons. The molecule has 0 fully saturated rings. The summed E-state index contributed by atoms with van der Waals surface area (Å²) in [6.07, 6.45) is 0. The molecule has 18 heteroatoms. The molecule has 252 valence electrons. The summed E-state index contributed by atoms with van der Waals surface area (Å²) in [6.45, 7) is 0. The van der Waals surface area contributed by atoms with Gasteiger partial charge in [-0.3, -0.25) is 5.73 Å². The Morgan fingerprint density at radius 3 is 1.28 bits per heavy atom. The maximum absolute atomic E-state index is 12.3. The van der Waals surface area contributed by atoms with Crippen LogP contribution in [0.3, 0.4) is 0 Å². The Labute approximate surface area is 278 Å². The van der Waals surface area contributed by atoms with E-state index in [0.29, 0.717) is 34.2 Å². The van der Waals surface area contributed by atoms with Gasteiger partial charge in [-0.05, 0) is 30.3 Å². The maximum Gasteiger partial charge on any atom is 0.458 e. The van der Waals surface area contributed by atoms with Crippen LogP contribution >= 0.6 is 0 Å². The lowest BCUT2D eigenvalue weighted by Crippen LogP contribution is -2.44. The van der Waals surface area contributed by atoms with Crippen LogP contribution in [0.25, 0.3) is 55.2 Å². The molecule has 3 aromatic heterocycles. The van der Waals surface area contributed by atoms with Crippen LogP contribution in [-0.4, -0.2) is 27.5 Å². The Morgan fingerprint density at radius 2 is 0.840 bits per heavy atom. The van der Waals surface area contributed by atoms with Gasteiger partial charge in [-0.1, -0.05) is 36.4 Å². The van der Waals surface area contributed by atoms with Crippen molar-refractivity contribution < 1.29 is 48.6 Å². The molecule has 0 aliphatic rings. The van der Waals surface area contributed by atoms with E-state index in [4.69, 9.17) is 10.5 Å². The van der Waals surface area contributed by atoms with Crippen molar-refractivity contribution in [1.29, 1.82) is 0 Å². The highest BCUT2D eigenvalue weighted by Gasteiger charge is 2.27. The number of nitrogens with zero attached hydrogens (tertiary/aromatic N) is 7. The van der Waals surface area contributed by atoms with Crippen molar-refractivity contribution >= 4 is 61.1 Å². The number of phenols is 3. The number of phenolic OH excluding ortho intramolecular Hbond substituents is 3. The molecule has 5 N–H and O–H groups in total. The zero-order valence-electron chi connectivity index (χ0n) is 25.6. The summed E-state index contributed by atoms with van der Waals surface area (Å²) >= 11 is 0. The molecule has 8 rings (SSSR count). The number of fused-ring (bicyclic) bond motifs is 5.